The standard InChI is InChI=1S/C17H17NO5/c1-22-12-8-7-11(15(10-12)23-2)9-16(19)18-14-6-4-3-5-13(14)17(20)21/h3-8,10H,9H2,1-2H3,(H,18,19)(H,20,21). The third kappa shape index (κ3) is 4.00. The van der Waals surface area contributed by atoms with E-state index in [1.165, 1.54) is 13.2 Å². The molecule has 0 aliphatic rings. The van der Waals surface area contributed by atoms with Gasteiger partial charge in [0.05, 0.1) is 31.9 Å². The van der Waals surface area contributed by atoms with Gasteiger partial charge in [0.1, 0.15) is 11.5 Å². The van der Waals surface area contributed by atoms with Gasteiger partial charge in [0, 0.05) is 11.6 Å². The highest BCUT2D eigenvalue weighted by Crippen LogP contribution is 2.25. The lowest BCUT2D eigenvalue weighted by atomic mass is 10.1. The summed E-state index contributed by atoms with van der Waals surface area (Å²) in [5.74, 6) is -0.265. The van der Waals surface area contributed by atoms with Crippen LogP contribution in [0, 0.1) is 0 Å². The summed E-state index contributed by atoms with van der Waals surface area (Å²) in [6.45, 7) is 0. The van der Waals surface area contributed by atoms with Gasteiger partial charge in [0.25, 0.3) is 0 Å². The minimum Gasteiger partial charge on any atom is -0.497 e. The molecule has 23 heavy (non-hydrogen) atoms. The van der Waals surface area contributed by atoms with Gasteiger partial charge in [-0.25, -0.2) is 4.79 Å². The van der Waals surface area contributed by atoms with Crippen LogP contribution < -0.4 is 14.8 Å². The highest BCUT2D eigenvalue weighted by atomic mass is 16.5. The van der Waals surface area contributed by atoms with Crippen molar-refractivity contribution in [3.05, 3.63) is 53.6 Å². The van der Waals surface area contributed by atoms with E-state index in [1.54, 1.807) is 43.5 Å². The molecule has 2 rings (SSSR count). The van der Waals surface area contributed by atoms with Crippen LogP contribution in [0.25, 0.3) is 0 Å². The maximum Gasteiger partial charge on any atom is 0.337 e. The average Bonchev–Trinajstić information content (AvgIpc) is 2.55. The molecule has 0 saturated carbocycles. The normalized spacial score (nSPS) is 10.0. The molecule has 6 nitrogen and oxygen atoms in total. The summed E-state index contributed by atoms with van der Waals surface area (Å²) in [6.07, 6.45) is 0.0567. The van der Waals surface area contributed by atoms with Gasteiger partial charge in [-0.2, -0.15) is 0 Å². The largest absolute Gasteiger partial charge is 0.497 e. The molecule has 0 radical (unpaired) electrons. The third-order valence-electron chi connectivity index (χ3n) is 3.28. The summed E-state index contributed by atoms with van der Waals surface area (Å²) >= 11 is 0. The van der Waals surface area contributed by atoms with Crippen molar-refractivity contribution < 1.29 is 24.2 Å². The number of rotatable bonds is 6. The number of ether oxygens (including phenoxy) is 2. The predicted molar refractivity (Wildman–Crippen MR) is 85.3 cm³/mol. The molecule has 2 aromatic rings. The van der Waals surface area contributed by atoms with Gasteiger partial charge in [-0.3, -0.25) is 4.79 Å². The summed E-state index contributed by atoms with van der Waals surface area (Å²) < 4.78 is 10.4. The lowest BCUT2D eigenvalue weighted by Gasteiger charge is -2.11. The van der Waals surface area contributed by atoms with E-state index < -0.39 is 5.97 Å². The molecule has 6 heteroatoms. The van der Waals surface area contributed by atoms with Crippen molar-refractivity contribution in [3.8, 4) is 11.5 Å². The first kappa shape index (κ1) is 16.4. The lowest BCUT2D eigenvalue weighted by Crippen LogP contribution is -2.17. The molecular weight excluding hydrogens is 298 g/mol. The molecule has 0 bridgehead atoms. The summed E-state index contributed by atoms with van der Waals surface area (Å²) in [5, 5.41) is 11.7. The van der Waals surface area contributed by atoms with E-state index in [0.717, 1.165) is 0 Å². The molecule has 0 aliphatic heterocycles. The topological polar surface area (TPSA) is 84.9 Å². The van der Waals surface area contributed by atoms with Gasteiger partial charge in [-0.05, 0) is 18.2 Å². The Labute approximate surface area is 133 Å². The quantitative estimate of drug-likeness (QED) is 0.856. The summed E-state index contributed by atoms with van der Waals surface area (Å²) in [7, 11) is 3.06. The van der Waals surface area contributed by atoms with Crippen LogP contribution in [-0.4, -0.2) is 31.2 Å². The van der Waals surface area contributed by atoms with Crippen LogP contribution in [0.1, 0.15) is 15.9 Å². The van der Waals surface area contributed by atoms with E-state index in [2.05, 4.69) is 5.32 Å². The highest BCUT2D eigenvalue weighted by molar-refractivity contribution is 6.01. The molecular formula is C17H17NO5. The number of nitrogens with one attached hydrogen (secondary N) is 1. The molecule has 2 N–H and O–H groups in total. The third-order valence-corrected chi connectivity index (χ3v) is 3.28. The number of amides is 1. The number of carboxylic acids is 1. The van der Waals surface area contributed by atoms with Crippen LogP contribution >= 0.6 is 0 Å². The number of hydrogen-bond donors (Lipinski definition) is 2. The van der Waals surface area contributed by atoms with Crippen LogP contribution in [0.15, 0.2) is 42.5 Å². The van der Waals surface area contributed by atoms with Crippen LogP contribution in [0.2, 0.25) is 0 Å². The summed E-state index contributed by atoms with van der Waals surface area (Å²) in [6, 6.07) is 11.4. The molecule has 0 atom stereocenters. The van der Waals surface area contributed by atoms with Gasteiger partial charge < -0.3 is 19.9 Å². The zero-order chi connectivity index (χ0) is 16.8. The molecule has 0 fully saturated rings. The predicted octanol–water partition coefficient (Wildman–Crippen LogP) is 2.58. The number of carboxylic acid groups (broad SMARTS) is 1. The Morgan fingerprint density at radius 1 is 1.09 bits per heavy atom. The minimum absolute atomic E-state index is 0.0440. The van der Waals surface area contributed by atoms with Crippen molar-refractivity contribution >= 4 is 17.6 Å². The summed E-state index contributed by atoms with van der Waals surface area (Å²) in [4.78, 5) is 23.3. The molecule has 0 saturated heterocycles. The maximum atomic E-state index is 12.2. The number of benzene rings is 2. The molecule has 0 aliphatic carbocycles. The van der Waals surface area contributed by atoms with Crippen molar-refractivity contribution in [2.24, 2.45) is 0 Å². The van der Waals surface area contributed by atoms with Gasteiger partial charge in [0.15, 0.2) is 0 Å². The van der Waals surface area contributed by atoms with Crippen molar-refractivity contribution in [3.63, 3.8) is 0 Å². The monoisotopic (exact) mass is 315 g/mol. The Hall–Kier alpha value is -3.02. The SMILES string of the molecule is COc1ccc(CC(=O)Nc2ccccc2C(=O)O)c(OC)c1. The van der Waals surface area contributed by atoms with Crippen LogP contribution in [-0.2, 0) is 11.2 Å². The average molecular weight is 315 g/mol. The van der Waals surface area contributed by atoms with E-state index in [4.69, 9.17) is 14.6 Å². The molecule has 0 unspecified atom stereocenters. The molecule has 0 aromatic heterocycles. The Morgan fingerprint density at radius 2 is 1.83 bits per heavy atom. The van der Waals surface area contributed by atoms with Crippen LogP contribution in [0.5, 0.6) is 11.5 Å². The van der Waals surface area contributed by atoms with E-state index in [9.17, 15) is 9.59 Å². The van der Waals surface area contributed by atoms with Gasteiger partial charge >= 0.3 is 5.97 Å². The minimum atomic E-state index is -1.09. The van der Waals surface area contributed by atoms with Gasteiger partial charge in [0.2, 0.25) is 5.91 Å². The number of carbonyl (C=O) groups excluding carboxylic acids is 1. The maximum absolute atomic E-state index is 12.2. The molecule has 120 valence electrons. The second kappa shape index (κ2) is 7.31. The second-order valence-corrected chi connectivity index (χ2v) is 4.75. The fourth-order valence-corrected chi connectivity index (χ4v) is 2.14. The lowest BCUT2D eigenvalue weighted by molar-refractivity contribution is -0.115. The van der Waals surface area contributed by atoms with Gasteiger partial charge in [-0.15, -0.1) is 0 Å². The van der Waals surface area contributed by atoms with Crippen molar-refractivity contribution in [1.29, 1.82) is 0 Å². The number of hydrogen-bond acceptors (Lipinski definition) is 4. The molecule has 0 heterocycles. The first-order chi connectivity index (χ1) is 11.0. The van der Waals surface area contributed by atoms with Crippen molar-refractivity contribution in [2.45, 2.75) is 6.42 Å². The number of para-hydroxylation sites is 1. The zero-order valence-electron chi connectivity index (χ0n) is 12.8. The highest BCUT2D eigenvalue weighted by Gasteiger charge is 2.14. The molecule has 0 spiro atoms. The number of methoxy groups -OCH3 is 2. The number of carbonyl (C=O) groups is 2. The fourth-order valence-electron chi connectivity index (χ4n) is 2.14. The Kier molecular flexibility index (Phi) is 5.19. The Balaban J connectivity index is 2.16. The Bertz CT molecular complexity index is 727. The van der Waals surface area contributed by atoms with Crippen molar-refractivity contribution in [1.82, 2.24) is 0 Å². The zero-order valence-corrected chi connectivity index (χ0v) is 12.8. The van der Waals surface area contributed by atoms with E-state index in [-0.39, 0.29) is 23.6 Å². The number of anilines is 1. The smallest absolute Gasteiger partial charge is 0.337 e. The van der Waals surface area contributed by atoms with E-state index >= 15 is 0 Å². The molecule has 2 aromatic carbocycles. The molecule has 1 amide bonds. The van der Waals surface area contributed by atoms with Crippen molar-refractivity contribution in [2.75, 3.05) is 19.5 Å². The summed E-state index contributed by atoms with van der Waals surface area (Å²) in [5.41, 5.74) is 0.985. The van der Waals surface area contributed by atoms with E-state index in [1.807, 2.05) is 0 Å². The first-order valence-electron chi connectivity index (χ1n) is 6.88. The van der Waals surface area contributed by atoms with Gasteiger partial charge in [-0.1, -0.05) is 18.2 Å². The van der Waals surface area contributed by atoms with Crippen LogP contribution in [0.4, 0.5) is 5.69 Å². The number of aromatic carboxylic acids is 1. The van der Waals surface area contributed by atoms with E-state index in [0.29, 0.717) is 17.1 Å². The fraction of sp³-hybridized carbons (Fsp3) is 0.176. The first-order valence-corrected chi connectivity index (χ1v) is 6.88. The second-order valence-electron chi connectivity index (χ2n) is 4.75. The van der Waals surface area contributed by atoms with Crippen LogP contribution in [0.3, 0.4) is 0 Å². The Morgan fingerprint density at radius 3 is 2.48 bits per heavy atom.